The minimum atomic E-state index is -0.147. The van der Waals surface area contributed by atoms with Crippen molar-refractivity contribution in [2.75, 3.05) is 7.11 Å². The van der Waals surface area contributed by atoms with E-state index in [-0.39, 0.29) is 6.04 Å². The summed E-state index contributed by atoms with van der Waals surface area (Å²) >= 11 is 0. The van der Waals surface area contributed by atoms with Crippen LogP contribution in [0, 0.1) is 6.92 Å². The first-order valence-corrected chi connectivity index (χ1v) is 5.67. The number of rotatable bonds is 3. The molecule has 0 amide bonds. The fraction of sp³-hybridized carbons (Fsp3) is 0.200. The van der Waals surface area contributed by atoms with Crippen molar-refractivity contribution in [3.63, 3.8) is 0 Å². The van der Waals surface area contributed by atoms with E-state index in [0.717, 1.165) is 16.9 Å². The maximum absolute atomic E-state index is 6.28. The summed E-state index contributed by atoms with van der Waals surface area (Å²) in [6, 6.07) is 16.0. The summed E-state index contributed by atoms with van der Waals surface area (Å²) in [5.74, 6) is 0.835. The smallest absolute Gasteiger partial charge is 0.123 e. The van der Waals surface area contributed by atoms with Crippen molar-refractivity contribution < 1.29 is 4.74 Å². The van der Waals surface area contributed by atoms with Gasteiger partial charge in [-0.3, -0.25) is 0 Å². The lowest BCUT2D eigenvalue weighted by Gasteiger charge is -2.16. The second-order valence-electron chi connectivity index (χ2n) is 4.13. The van der Waals surface area contributed by atoms with Crippen LogP contribution in [0.4, 0.5) is 0 Å². The van der Waals surface area contributed by atoms with Gasteiger partial charge < -0.3 is 10.5 Å². The molecule has 0 aromatic heterocycles. The first kappa shape index (κ1) is 11.7. The van der Waals surface area contributed by atoms with Crippen molar-refractivity contribution in [1.82, 2.24) is 0 Å². The Hall–Kier alpha value is -1.80. The van der Waals surface area contributed by atoms with E-state index in [1.807, 2.05) is 36.4 Å². The quantitative estimate of drug-likeness (QED) is 0.874. The highest BCUT2D eigenvalue weighted by Crippen LogP contribution is 2.28. The van der Waals surface area contributed by atoms with E-state index in [2.05, 4.69) is 19.1 Å². The first-order chi connectivity index (χ1) is 8.22. The molecule has 1 atom stereocenters. The number of nitrogens with two attached hydrogens (primary N) is 1. The number of methoxy groups -OCH3 is 1. The summed E-state index contributed by atoms with van der Waals surface area (Å²) in [5, 5.41) is 0. The van der Waals surface area contributed by atoms with Gasteiger partial charge in [-0.1, -0.05) is 48.0 Å². The lowest BCUT2D eigenvalue weighted by atomic mass is 9.97. The summed E-state index contributed by atoms with van der Waals surface area (Å²) in [6.45, 7) is 2.07. The highest BCUT2D eigenvalue weighted by molar-refractivity contribution is 5.41. The Morgan fingerprint density at radius 1 is 1.06 bits per heavy atom. The highest BCUT2D eigenvalue weighted by Gasteiger charge is 2.13. The van der Waals surface area contributed by atoms with E-state index in [9.17, 15) is 0 Å². The van der Waals surface area contributed by atoms with E-state index in [4.69, 9.17) is 10.5 Å². The average molecular weight is 227 g/mol. The standard InChI is InChI=1S/C15H17NO/c1-11-6-5-7-12(10-11)15(16)13-8-3-4-9-14(13)17-2/h3-10,15H,16H2,1-2H3. The van der Waals surface area contributed by atoms with Crippen LogP contribution in [0.5, 0.6) is 5.75 Å². The molecule has 2 nitrogen and oxygen atoms in total. The number of para-hydroxylation sites is 1. The Bertz CT molecular complexity index is 508. The molecule has 2 rings (SSSR count). The van der Waals surface area contributed by atoms with Crippen molar-refractivity contribution in [1.29, 1.82) is 0 Å². The summed E-state index contributed by atoms with van der Waals surface area (Å²) < 4.78 is 5.34. The van der Waals surface area contributed by atoms with E-state index in [0.29, 0.717) is 0 Å². The Morgan fingerprint density at radius 2 is 1.82 bits per heavy atom. The van der Waals surface area contributed by atoms with Crippen molar-refractivity contribution in [2.24, 2.45) is 5.73 Å². The zero-order valence-electron chi connectivity index (χ0n) is 10.2. The third-order valence-electron chi connectivity index (χ3n) is 2.88. The Kier molecular flexibility index (Phi) is 3.45. The summed E-state index contributed by atoms with van der Waals surface area (Å²) in [7, 11) is 1.67. The molecule has 0 aliphatic carbocycles. The van der Waals surface area contributed by atoms with Crippen LogP contribution in [0.25, 0.3) is 0 Å². The van der Waals surface area contributed by atoms with Crippen LogP contribution in [0.1, 0.15) is 22.7 Å². The molecule has 0 saturated heterocycles. The Morgan fingerprint density at radius 3 is 2.53 bits per heavy atom. The van der Waals surface area contributed by atoms with Gasteiger partial charge in [0.2, 0.25) is 0 Å². The van der Waals surface area contributed by atoms with Gasteiger partial charge in [-0.05, 0) is 18.6 Å². The maximum atomic E-state index is 6.28. The van der Waals surface area contributed by atoms with E-state index < -0.39 is 0 Å². The van der Waals surface area contributed by atoms with Crippen molar-refractivity contribution in [3.8, 4) is 5.75 Å². The van der Waals surface area contributed by atoms with Gasteiger partial charge in [0.15, 0.2) is 0 Å². The second-order valence-corrected chi connectivity index (χ2v) is 4.13. The summed E-state index contributed by atoms with van der Waals surface area (Å²) in [6.07, 6.45) is 0. The third kappa shape index (κ3) is 2.48. The van der Waals surface area contributed by atoms with Crippen LogP contribution in [0.3, 0.4) is 0 Å². The molecular weight excluding hydrogens is 210 g/mol. The molecule has 0 bridgehead atoms. The average Bonchev–Trinajstić information content (AvgIpc) is 2.38. The highest BCUT2D eigenvalue weighted by atomic mass is 16.5. The van der Waals surface area contributed by atoms with Crippen molar-refractivity contribution in [3.05, 3.63) is 65.2 Å². The SMILES string of the molecule is COc1ccccc1C(N)c1cccc(C)c1. The van der Waals surface area contributed by atoms with Crippen LogP contribution in [0.15, 0.2) is 48.5 Å². The van der Waals surface area contributed by atoms with Crippen LogP contribution in [-0.2, 0) is 0 Å². The van der Waals surface area contributed by atoms with Gasteiger partial charge in [0.05, 0.1) is 13.2 Å². The van der Waals surface area contributed by atoms with Gasteiger partial charge in [-0.25, -0.2) is 0 Å². The molecule has 0 aliphatic heterocycles. The normalized spacial score (nSPS) is 12.2. The minimum absolute atomic E-state index is 0.147. The molecule has 2 aromatic carbocycles. The fourth-order valence-electron chi connectivity index (χ4n) is 1.97. The summed E-state index contributed by atoms with van der Waals surface area (Å²) in [5.41, 5.74) is 9.62. The van der Waals surface area contributed by atoms with Crippen LogP contribution in [-0.4, -0.2) is 7.11 Å². The first-order valence-electron chi connectivity index (χ1n) is 5.67. The van der Waals surface area contributed by atoms with E-state index >= 15 is 0 Å². The molecule has 17 heavy (non-hydrogen) atoms. The predicted octanol–water partition coefficient (Wildman–Crippen LogP) is 3.05. The Balaban J connectivity index is 2.40. The molecule has 2 aromatic rings. The lowest BCUT2D eigenvalue weighted by Crippen LogP contribution is -2.13. The molecule has 0 radical (unpaired) electrons. The number of hydrogen-bond acceptors (Lipinski definition) is 2. The Labute approximate surface area is 102 Å². The second kappa shape index (κ2) is 5.02. The molecule has 1 unspecified atom stereocenters. The third-order valence-corrected chi connectivity index (χ3v) is 2.88. The monoisotopic (exact) mass is 227 g/mol. The lowest BCUT2D eigenvalue weighted by molar-refractivity contribution is 0.408. The van der Waals surface area contributed by atoms with E-state index in [1.165, 1.54) is 5.56 Å². The molecular formula is C15H17NO. The molecule has 88 valence electrons. The van der Waals surface area contributed by atoms with Crippen LogP contribution < -0.4 is 10.5 Å². The van der Waals surface area contributed by atoms with Crippen LogP contribution >= 0.6 is 0 Å². The largest absolute Gasteiger partial charge is 0.496 e. The number of hydrogen-bond donors (Lipinski definition) is 1. The van der Waals surface area contributed by atoms with Gasteiger partial charge in [0.1, 0.15) is 5.75 Å². The molecule has 0 aliphatic rings. The molecule has 0 spiro atoms. The van der Waals surface area contributed by atoms with E-state index in [1.54, 1.807) is 7.11 Å². The molecule has 2 N–H and O–H groups in total. The number of aryl methyl sites for hydroxylation is 1. The number of benzene rings is 2. The molecule has 0 fully saturated rings. The van der Waals surface area contributed by atoms with Gasteiger partial charge in [0, 0.05) is 5.56 Å². The fourth-order valence-corrected chi connectivity index (χ4v) is 1.97. The van der Waals surface area contributed by atoms with Crippen LogP contribution in [0.2, 0.25) is 0 Å². The van der Waals surface area contributed by atoms with Gasteiger partial charge >= 0.3 is 0 Å². The minimum Gasteiger partial charge on any atom is -0.496 e. The molecule has 2 heteroatoms. The maximum Gasteiger partial charge on any atom is 0.123 e. The zero-order chi connectivity index (χ0) is 12.3. The predicted molar refractivity (Wildman–Crippen MR) is 70.2 cm³/mol. The topological polar surface area (TPSA) is 35.2 Å². The molecule has 0 heterocycles. The van der Waals surface area contributed by atoms with Gasteiger partial charge in [0.25, 0.3) is 0 Å². The van der Waals surface area contributed by atoms with Gasteiger partial charge in [-0.2, -0.15) is 0 Å². The zero-order valence-corrected chi connectivity index (χ0v) is 10.2. The summed E-state index contributed by atoms with van der Waals surface area (Å²) in [4.78, 5) is 0. The van der Waals surface area contributed by atoms with Gasteiger partial charge in [-0.15, -0.1) is 0 Å². The number of ether oxygens (including phenoxy) is 1. The van der Waals surface area contributed by atoms with Crippen molar-refractivity contribution >= 4 is 0 Å². The molecule has 0 saturated carbocycles. The van der Waals surface area contributed by atoms with Crippen molar-refractivity contribution in [2.45, 2.75) is 13.0 Å².